The Labute approximate surface area is 58.5 Å². The molecule has 0 bridgehead atoms. The molecule has 0 saturated carbocycles. The molecule has 0 unspecified atom stereocenters. The van der Waals surface area contributed by atoms with Gasteiger partial charge in [0.15, 0.2) is 0 Å². The van der Waals surface area contributed by atoms with E-state index in [4.69, 9.17) is 5.84 Å². The van der Waals surface area contributed by atoms with Crippen molar-refractivity contribution in [3.8, 4) is 0 Å². The maximum atomic E-state index is 4.72. The Morgan fingerprint density at radius 3 is 3.00 bits per heavy atom. The third kappa shape index (κ3) is 5.16. The van der Waals surface area contributed by atoms with Crippen LogP contribution in [0.5, 0.6) is 0 Å². The van der Waals surface area contributed by atoms with Gasteiger partial charge < -0.3 is 5.84 Å². The minimum atomic E-state index is 0.756. The van der Waals surface area contributed by atoms with E-state index in [1.807, 2.05) is 6.92 Å². The lowest BCUT2D eigenvalue weighted by Gasteiger charge is -1.97. The fourth-order valence-corrected chi connectivity index (χ4v) is 0.745. The van der Waals surface area contributed by atoms with Gasteiger partial charge in [-0.25, -0.2) is 0 Å². The Bertz CT molecular complexity index is 111. The van der Waals surface area contributed by atoms with Crippen LogP contribution >= 0.6 is 11.8 Å². The molecule has 52 valence electrons. The molecule has 0 heterocycles. The molecule has 3 N–H and O–H groups in total. The smallest absolute Gasteiger partial charge is 0.0837 e. The van der Waals surface area contributed by atoms with Gasteiger partial charge in [0.25, 0.3) is 0 Å². The van der Waals surface area contributed by atoms with Crippen LogP contribution in [0.25, 0.3) is 0 Å². The van der Waals surface area contributed by atoms with Crippen molar-refractivity contribution in [3.05, 3.63) is 11.6 Å². The van der Waals surface area contributed by atoms with Gasteiger partial charge in [0.1, 0.15) is 0 Å². The first-order chi connectivity index (χ1) is 4.31. The number of nitrogens with zero attached hydrogens (tertiary/aromatic N) is 2. The van der Waals surface area contributed by atoms with Crippen LogP contribution in [-0.2, 0) is 0 Å². The maximum Gasteiger partial charge on any atom is 0.0837 e. The van der Waals surface area contributed by atoms with Gasteiger partial charge in [0, 0.05) is 0 Å². The van der Waals surface area contributed by atoms with Crippen molar-refractivity contribution < 1.29 is 0 Å². The van der Waals surface area contributed by atoms with Crippen LogP contribution in [-0.4, -0.2) is 5.75 Å². The highest BCUT2D eigenvalue weighted by atomic mass is 32.2. The van der Waals surface area contributed by atoms with Gasteiger partial charge in [0.2, 0.25) is 0 Å². The third-order valence-corrected chi connectivity index (χ3v) is 1.28. The average Bonchev–Trinajstić information content (AvgIpc) is 1.85. The molecule has 0 aliphatic heterocycles. The van der Waals surface area contributed by atoms with Crippen LogP contribution in [0.2, 0.25) is 0 Å². The van der Waals surface area contributed by atoms with Gasteiger partial charge in [-0.05, 0) is 5.75 Å². The zero-order valence-electron chi connectivity index (χ0n) is 5.29. The summed E-state index contributed by atoms with van der Waals surface area (Å²) in [6.45, 7) is 5.65. The molecular weight excluding hydrogens is 136 g/mol. The van der Waals surface area contributed by atoms with Crippen LogP contribution in [0.1, 0.15) is 6.92 Å². The summed E-state index contributed by atoms with van der Waals surface area (Å²) in [6, 6.07) is 0. The zero-order valence-corrected chi connectivity index (χ0v) is 6.11. The maximum absolute atomic E-state index is 4.72. The van der Waals surface area contributed by atoms with E-state index in [-0.39, 0.29) is 0 Å². The van der Waals surface area contributed by atoms with Crippen molar-refractivity contribution in [2.24, 2.45) is 16.3 Å². The van der Waals surface area contributed by atoms with E-state index in [0.717, 1.165) is 10.8 Å². The molecule has 0 aromatic heterocycles. The van der Waals surface area contributed by atoms with Gasteiger partial charge in [0.05, 0.1) is 5.03 Å². The van der Waals surface area contributed by atoms with Crippen LogP contribution in [0.15, 0.2) is 22.1 Å². The molecule has 0 spiro atoms. The molecule has 5 heteroatoms. The summed E-state index contributed by atoms with van der Waals surface area (Å²) in [4.78, 5) is 0. The lowest BCUT2D eigenvalue weighted by molar-refractivity contribution is 0.815. The largest absolute Gasteiger partial charge is 0.303 e. The average molecular weight is 146 g/mol. The number of rotatable bonds is 4. The van der Waals surface area contributed by atoms with Gasteiger partial charge in [-0.2, -0.15) is 0 Å². The Balaban J connectivity index is 3.27. The molecule has 0 aliphatic carbocycles. The Hall–Kier alpha value is -0.710. The van der Waals surface area contributed by atoms with Gasteiger partial charge in [-0.1, -0.05) is 23.9 Å². The van der Waals surface area contributed by atoms with Crippen molar-refractivity contribution in [3.63, 3.8) is 0 Å². The van der Waals surface area contributed by atoms with Gasteiger partial charge in [-0.15, -0.1) is 11.8 Å². The summed E-state index contributed by atoms with van der Waals surface area (Å²) in [5.41, 5.74) is 2.54. The Morgan fingerprint density at radius 1 is 1.89 bits per heavy atom. The molecule has 0 atom stereocenters. The number of nitrogens with one attached hydrogen (secondary N) is 1. The first kappa shape index (κ1) is 8.29. The lowest BCUT2D eigenvalue weighted by Crippen LogP contribution is -2.00. The Morgan fingerprint density at radius 2 is 2.56 bits per heavy atom. The van der Waals surface area contributed by atoms with E-state index in [1.165, 1.54) is 0 Å². The molecule has 9 heavy (non-hydrogen) atoms. The summed E-state index contributed by atoms with van der Waals surface area (Å²) < 4.78 is 0. The van der Waals surface area contributed by atoms with E-state index in [9.17, 15) is 0 Å². The predicted molar refractivity (Wildman–Crippen MR) is 39.5 cm³/mol. The fourth-order valence-electron chi connectivity index (χ4n) is 0.291. The molecular formula is C4H10N4S. The standard InChI is InChI=1S/C4H10N4S/c1-3-9-4(2)6-8-7-5/h2-3H2,1H3,(H2,5,8)(H,6,7). The first-order valence-corrected chi connectivity index (χ1v) is 3.47. The fraction of sp³-hybridized carbons (Fsp3) is 0.500. The molecule has 0 amide bonds. The third-order valence-electron chi connectivity index (χ3n) is 0.551. The highest BCUT2D eigenvalue weighted by Crippen LogP contribution is 2.07. The molecule has 4 nitrogen and oxygen atoms in total. The van der Waals surface area contributed by atoms with Gasteiger partial charge in [-0.3, -0.25) is 5.43 Å². The molecule has 0 aliphatic rings. The second kappa shape index (κ2) is 5.43. The zero-order chi connectivity index (χ0) is 7.11. The van der Waals surface area contributed by atoms with E-state index in [0.29, 0.717) is 0 Å². The van der Waals surface area contributed by atoms with Crippen LogP contribution < -0.4 is 11.3 Å². The van der Waals surface area contributed by atoms with Crippen molar-refractivity contribution in [1.82, 2.24) is 5.43 Å². The number of thioether (sulfide) groups is 1. The van der Waals surface area contributed by atoms with Crippen LogP contribution in [0.3, 0.4) is 0 Å². The van der Waals surface area contributed by atoms with E-state index >= 15 is 0 Å². The van der Waals surface area contributed by atoms with E-state index in [2.05, 4.69) is 22.5 Å². The summed E-state index contributed by atoms with van der Waals surface area (Å²) >= 11 is 1.56. The SMILES string of the molecule is C=C(N/N=N\N)SCC. The molecule has 0 aromatic carbocycles. The van der Waals surface area contributed by atoms with Crippen LogP contribution in [0.4, 0.5) is 0 Å². The predicted octanol–water partition coefficient (Wildman–Crippen LogP) is 1.04. The lowest BCUT2D eigenvalue weighted by atomic mass is 11.0. The normalized spacial score (nSPS) is 9.89. The quantitative estimate of drug-likeness (QED) is 0.354. The minimum absolute atomic E-state index is 0.756. The van der Waals surface area contributed by atoms with Crippen molar-refractivity contribution in [1.29, 1.82) is 0 Å². The highest BCUT2D eigenvalue weighted by Gasteiger charge is 1.86. The number of nitrogens with two attached hydrogens (primary N) is 1. The molecule has 0 radical (unpaired) electrons. The van der Waals surface area contributed by atoms with Gasteiger partial charge >= 0.3 is 0 Å². The summed E-state index contributed by atoms with van der Waals surface area (Å²) in [5.74, 6) is 5.68. The minimum Gasteiger partial charge on any atom is -0.303 e. The number of hydrogen-bond donors (Lipinski definition) is 2. The summed E-state index contributed by atoms with van der Waals surface area (Å²) in [7, 11) is 0. The molecule has 0 saturated heterocycles. The van der Waals surface area contributed by atoms with E-state index < -0.39 is 0 Å². The number of hydrogen-bond acceptors (Lipinski definition) is 3. The second-order valence-electron chi connectivity index (χ2n) is 1.18. The van der Waals surface area contributed by atoms with Crippen molar-refractivity contribution in [2.75, 3.05) is 5.75 Å². The monoisotopic (exact) mass is 146 g/mol. The van der Waals surface area contributed by atoms with Crippen molar-refractivity contribution in [2.45, 2.75) is 6.92 Å². The highest BCUT2D eigenvalue weighted by molar-refractivity contribution is 8.02. The first-order valence-electron chi connectivity index (χ1n) is 2.49. The molecule has 0 fully saturated rings. The van der Waals surface area contributed by atoms with Crippen molar-refractivity contribution >= 4 is 11.8 Å². The summed E-state index contributed by atoms with van der Waals surface area (Å²) in [5, 5.41) is 7.08. The van der Waals surface area contributed by atoms with E-state index in [1.54, 1.807) is 11.8 Å². The molecule has 0 aromatic rings. The van der Waals surface area contributed by atoms with Crippen LogP contribution in [0, 0.1) is 0 Å². The molecule has 0 rings (SSSR count). The Kier molecular flexibility index (Phi) is 5.00. The summed E-state index contributed by atoms with van der Waals surface area (Å²) in [6.07, 6.45) is 0. The topological polar surface area (TPSA) is 62.8 Å². The second-order valence-corrected chi connectivity index (χ2v) is 2.54.